The largest absolute Gasteiger partial charge is 0.399 e. The van der Waals surface area contributed by atoms with Crippen molar-refractivity contribution in [3.05, 3.63) is 24.3 Å². The van der Waals surface area contributed by atoms with Gasteiger partial charge in [0.15, 0.2) is 0 Å². The third-order valence-electron chi connectivity index (χ3n) is 3.37. The minimum absolute atomic E-state index is 0.641. The monoisotopic (exact) mass is 204 g/mol. The van der Waals surface area contributed by atoms with Crippen LogP contribution in [0, 0.1) is 5.92 Å². The van der Waals surface area contributed by atoms with Crippen molar-refractivity contribution in [1.29, 1.82) is 0 Å². The zero-order valence-corrected chi connectivity index (χ0v) is 9.37. The zero-order valence-electron chi connectivity index (χ0n) is 9.37. The van der Waals surface area contributed by atoms with Crippen molar-refractivity contribution in [3.8, 4) is 0 Å². The van der Waals surface area contributed by atoms with E-state index in [0.717, 1.165) is 11.6 Å². The average molecular weight is 204 g/mol. The molecule has 2 rings (SSSR count). The fourth-order valence-corrected chi connectivity index (χ4v) is 2.32. The standard InChI is InChI=1S/C13H20N2/c1-10-4-2-3-5-13(10)15-12-8-6-11(14)7-9-12/h6-10,13,15H,2-5,14H2,1H3/t10-,13+/m1/s1. The van der Waals surface area contributed by atoms with Crippen LogP contribution in [0.1, 0.15) is 32.6 Å². The molecule has 1 aromatic carbocycles. The molecule has 2 nitrogen and oxygen atoms in total. The Bertz CT molecular complexity index is 305. The lowest BCUT2D eigenvalue weighted by atomic mass is 9.86. The first kappa shape index (κ1) is 10.3. The fourth-order valence-electron chi connectivity index (χ4n) is 2.32. The number of nitrogens with one attached hydrogen (secondary N) is 1. The van der Waals surface area contributed by atoms with Crippen LogP contribution >= 0.6 is 0 Å². The lowest BCUT2D eigenvalue weighted by Gasteiger charge is -2.30. The van der Waals surface area contributed by atoms with Gasteiger partial charge in [0.25, 0.3) is 0 Å². The van der Waals surface area contributed by atoms with Crippen molar-refractivity contribution < 1.29 is 0 Å². The Balaban J connectivity index is 1.98. The molecule has 0 bridgehead atoms. The van der Waals surface area contributed by atoms with Crippen LogP contribution in [0.25, 0.3) is 0 Å². The summed E-state index contributed by atoms with van der Waals surface area (Å²) in [6, 6.07) is 8.68. The van der Waals surface area contributed by atoms with Crippen LogP contribution in [0.4, 0.5) is 11.4 Å². The molecule has 0 heterocycles. The SMILES string of the molecule is C[C@@H]1CCCC[C@@H]1Nc1ccc(N)cc1. The molecule has 82 valence electrons. The molecule has 0 spiro atoms. The van der Waals surface area contributed by atoms with Crippen molar-refractivity contribution in [3.63, 3.8) is 0 Å². The van der Waals surface area contributed by atoms with Gasteiger partial charge >= 0.3 is 0 Å². The van der Waals surface area contributed by atoms with E-state index in [1.807, 2.05) is 12.1 Å². The molecule has 0 amide bonds. The van der Waals surface area contributed by atoms with Gasteiger partial charge in [-0.3, -0.25) is 0 Å². The van der Waals surface area contributed by atoms with Gasteiger partial charge in [-0.2, -0.15) is 0 Å². The lowest BCUT2D eigenvalue weighted by Crippen LogP contribution is -2.30. The molecule has 0 saturated heterocycles. The number of rotatable bonds is 2. The second-order valence-corrected chi connectivity index (χ2v) is 4.63. The first-order valence-electron chi connectivity index (χ1n) is 5.88. The molecule has 1 aromatic rings. The van der Waals surface area contributed by atoms with Gasteiger partial charge in [-0.05, 0) is 43.0 Å². The highest BCUT2D eigenvalue weighted by molar-refractivity contribution is 5.51. The summed E-state index contributed by atoms with van der Waals surface area (Å²) in [5.74, 6) is 0.788. The average Bonchev–Trinajstić information content (AvgIpc) is 2.25. The summed E-state index contributed by atoms with van der Waals surface area (Å²) >= 11 is 0. The van der Waals surface area contributed by atoms with Crippen molar-refractivity contribution in [2.24, 2.45) is 5.92 Å². The lowest BCUT2D eigenvalue weighted by molar-refractivity contribution is 0.349. The maximum Gasteiger partial charge on any atom is 0.0343 e. The van der Waals surface area contributed by atoms with E-state index in [1.165, 1.54) is 31.4 Å². The summed E-state index contributed by atoms with van der Waals surface area (Å²) in [7, 11) is 0. The summed E-state index contributed by atoms with van der Waals surface area (Å²) in [5.41, 5.74) is 7.69. The molecule has 0 aromatic heterocycles. The van der Waals surface area contributed by atoms with Crippen LogP contribution in [-0.2, 0) is 0 Å². The van der Waals surface area contributed by atoms with E-state index in [9.17, 15) is 0 Å². The first-order valence-corrected chi connectivity index (χ1v) is 5.88. The maximum atomic E-state index is 5.66. The first-order chi connectivity index (χ1) is 7.25. The number of anilines is 2. The smallest absolute Gasteiger partial charge is 0.0343 e. The van der Waals surface area contributed by atoms with Gasteiger partial charge in [0.05, 0.1) is 0 Å². The summed E-state index contributed by atoms with van der Waals surface area (Å²) in [6.07, 6.45) is 5.40. The number of nitrogens with two attached hydrogens (primary N) is 1. The Morgan fingerprint density at radius 3 is 2.47 bits per heavy atom. The number of hydrogen-bond acceptors (Lipinski definition) is 2. The normalized spacial score (nSPS) is 26.2. The molecule has 1 fully saturated rings. The third kappa shape index (κ3) is 2.65. The van der Waals surface area contributed by atoms with Crippen LogP contribution in [0.3, 0.4) is 0 Å². The molecule has 1 saturated carbocycles. The second kappa shape index (κ2) is 4.56. The third-order valence-corrected chi connectivity index (χ3v) is 3.37. The van der Waals surface area contributed by atoms with Gasteiger partial charge in [-0.15, -0.1) is 0 Å². The van der Waals surface area contributed by atoms with Crippen molar-refractivity contribution in [2.75, 3.05) is 11.1 Å². The maximum absolute atomic E-state index is 5.66. The molecule has 0 radical (unpaired) electrons. The van der Waals surface area contributed by atoms with Gasteiger partial charge in [0, 0.05) is 17.4 Å². The Kier molecular flexibility index (Phi) is 3.14. The molecular formula is C13H20N2. The molecule has 1 aliphatic rings. The Labute approximate surface area is 91.9 Å². The molecule has 3 N–H and O–H groups in total. The van der Waals surface area contributed by atoms with Crippen molar-refractivity contribution >= 4 is 11.4 Å². The van der Waals surface area contributed by atoms with Crippen LogP contribution < -0.4 is 11.1 Å². The fraction of sp³-hybridized carbons (Fsp3) is 0.538. The molecule has 0 aliphatic heterocycles. The molecule has 15 heavy (non-hydrogen) atoms. The molecule has 2 heteroatoms. The summed E-state index contributed by atoms with van der Waals surface area (Å²) in [6.45, 7) is 2.34. The predicted molar refractivity (Wildman–Crippen MR) is 65.9 cm³/mol. The van der Waals surface area contributed by atoms with Crippen molar-refractivity contribution in [2.45, 2.75) is 38.6 Å². The summed E-state index contributed by atoms with van der Waals surface area (Å²) in [4.78, 5) is 0. The minimum atomic E-state index is 0.641. The van der Waals surface area contributed by atoms with Gasteiger partial charge in [-0.25, -0.2) is 0 Å². The number of benzene rings is 1. The van der Waals surface area contributed by atoms with E-state index in [2.05, 4.69) is 24.4 Å². The molecule has 1 aliphatic carbocycles. The zero-order chi connectivity index (χ0) is 10.7. The minimum Gasteiger partial charge on any atom is -0.399 e. The van der Waals surface area contributed by atoms with E-state index in [0.29, 0.717) is 6.04 Å². The van der Waals surface area contributed by atoms with E-state index in [1.54, 1.807) is 0 Å². The summed E-state index contributed by atoms with van der Waals surface area (Å²) < 4.78 is 0. The summed E-state index contributed by atoms with van der Waals surface area (Å²) in [5, 5.41) is 3.60. The van der Waals surface area contributed by atoms with Crippen LogP contribution in [0.5, 0.6) is 0 Å². The second-order valence-electron chi connectivity index (χ2n) is 4.63. The number of nitrogen functional groups attached to an aromatic ring is 1. The van der Waals surface area contributed by atoms with E-state index in [-0.39, 0.29) is 0 Å². The van der Waals surface area contributed by atoms with Crippen LogP contribution in [-0.4, -0.2) is 6.04 Å². The van der Waals surface area contributed by atoms with Gasteiger partial charge in [0.1, 0.15) is 0 Å². The topological polar surface area (TPSA) is 38.0 Å². The highest BCUT2D eigenvalue weighted by Gasteiger charge is 2.20. The van der Waals surface area contributed by atoms with Crippen LogP contribution in [0.2, 0.25) is 0 Å². The van der Waals surface area contributed by atoms with Gasteiger partial charge in [0.2, 0.25) is 0 Å². The molecular weight excluding hydrogens is 184 g/mol. The van der Waals surface area contributed by atoms with Gasteiger partial charge in [-0.1, -0.05) is 19.8 Å². The molecule has 0 unspecified atom stereocenters. The van der Waals surface area contributed by atoms with Crippen molar-refractivity contribution in [1.82, 2.24) is 0 Å². The Hall–Kier alpha value is -1.18. The Morgan fingerprint density at radius 1 is 1.13 bits per heavy atom. The number of hydrogen-bond donors (Lipinski definition) is 2. The van der Waals surface area contributed by atoms with E-state index >= 15 is 0 Å². The molecule has 2 atom stereocenters. The Morgan fingerprint density at radius 2 is 1.80 bits per heavy atom. The van der Waals surface area contributed by atoms with Crippen LogP contribution in [0.15, 0.2) is 24.3 Å². The van der Waals surface area contributed by atoms with E-state index in [4.69, 9.17) is 5.73 Å². The van der Waals surface area contributed by atoms with E-state index < -0.39 is 0 Å². The highest BCUT2D eigenvalue weighted by atomic mass is 14.9. The highest BCUT2D eigenvalue weighted by Crippen LogP contribution is 2.26. The van der Waals surface area contributed by atoms with Gasteiger partial charge < -0.3 is 11.1 Å². The predicted octanol–water partition coefficient (Wildman–Crippen LogP) is 3.26. The quantitative estimate of drug-likeness (QED) is 0.726.